The molecule has 150 valence electrons. The number of anilines is 1. The second-order valence-corrected chi connectivity index (χ2v) is 7.14. The van der Waals surface area contributed by atoms with Crippen molar-refractivity contribution >= 4 is 11.6 Å². The van der Waals surface area contributed by atoms with E-state index in [0.29, 0.717) is 6.04 Å². The first-order chi connectivity index (χ1) is 14.2. The van der Waals surface area contributed by atoms with E-state index >= 15 is 0 Å². The minimum absolute atomic E-state index is 0.100. The molecule has 0 spiro atoms. The van der Waals surface area contributed by atoms with Gasteiger partial charge in [0.15, 0.2) is 5.82 Å². The number of ether oxygens (including phenoxy) is 1. The number of nitrogens with zero attached hydrogens (tertiary/aromatic N) is 4. The molecule has 1 aliphatic carbocycles. The van der Waals surface area contributed by atoms with E-state index in [-0.39, 0.29) is 18.5 Å². The molecular weight excluding hydrogens is 368 g/mol. The molecule has 0 bridgehead atoms. The number of rotatable bonds is 8. The van der Waals surface area contributed by atoms with E-state index in [1.165, 1.54) is 0 Å². The van der Waals surface area contributed by atoms with E-state index < -0.39 is 0 Å². The molecule has 3 aromatic rings. The van der Waals surface area contributed by atoms with Crippen LogP contribution in [0.25, 0.3) is 11.4 Å². The first-order valence-electron chi connectivity index (χ1n) is 9.70. The van der Waals surface area contributed by atoms with Crippen molar-refractivity contribution in [2.75, 3.05) is 19.0 Å². The minimum Gasteiger partial charge on any atom is -0.496 e. The summed E-state index contributed by atoms with van der Waals surface area (Å²) in [6.07, 6.45) is 2.22. The summed E-state index contributed by atoms with van der Waals surface area (Å²) in [7, 11) is 1.63. The van der Waals surface area contributed by atoms with Gasteiger partial charge in [-0.2, -0.15) is 0 Å². The molecule has 1 atom stereocenters. The van der Waals surface area contributed by atoms with Crippen LogP contribution in [0.15, 0.2) is 48.5 Å². The Balaban J connectivity index is 1.38. The number of para-hydroxylation sites is 1. The molecule has 1 unspecified atom stereocenters. The zero-order valence-corrected chi connectivity index (χ0v) is 16.5. The standard InChI is InChI=1S/C21H24N6O2/c1-14(18-8-3-4-9-19(18)29-2)23-20(28)13-22-16-7-5-6-15(12-16)21-24-25-26-27(21)17-10-11-17/h3-9,12,14,17,22H,10-11,13H2,1-2H3,(H,23,28). The number of tetrazole rings is 1. The fraction of sp³-hybridized carbons (Fsp3) is 0.333. The number of hydrogen-bond acceptors (Lipinski definition) is 6. The maximum Gasteiger partial charge on any atom is 0.239 e. The lowest BCUT2D eigenvalue weighted by molar-refractivity contribution is -0.120. The summed E-state index contributed by atoms with van der Waals surface area (Å²) in [5, 5.41) is 18.2. The number of carbonyl (C=O) groups excluding carboxylic acids is 1. The quantitative estimate of drug-likeness (QED) is 0.612. The monoisotopic (exact) mass is 392 g/mol. The molecule has 8 heteroatoms. The Morgan fingerprint density at radius 1 is 1.24 bits per heavy atom. The Morgan fingerprint density at radius 2 is 2.07 bits per heavy atom. The average Bonchev–Trinajstić information content (AvgIpc) is 3.48. The van der Waals surface area contributed by atoms with Crippen LogP contribution in [0.5, 0.6) is 5.75 Å². The van der Waals surface area contributed by atoms with Gasteiger partial charge in [0.1, 0.15) is 5.75 Å². The van der Waals surface area contributed by atoms with Crippen molar-refractivity contribution in [1.82, 2.24) is 25.5 Å². The predicted molar refractivity (Wildman–Crippen MR) is 110 cm³/mol. The van der Waals surface area contributed by atoms with E-state index in [2.05, 4.69) is 26.2 Å². The highest BCUT2D eigenvalue weighted by atomic mass is 16.5. The number of benzene rings is 2. The van der Waals surface area contributed by atoms with Gasteiger partial charge in [0.25, 0.3) is 0 Å². The van der Waals surface area contributed by atoms with E-state index in [1.807, 2.05) is 60.1 Å². The van der Waals surface area contributed by atoms with Crippen molar-refractivity contribution in [2.24, 2.45) is 0 Å². The second-order valence-electron chi connectivity index (χ2n) is 7.14. The van der Waals surface area contributed by atoms with E-state index in [0.717, 1.165) is 41.2 Å². The molecule has 0 aliphatic heterocycles. The van der Waals surface area contributed by atoms with Gasteiger partial charge in [0.05, 0.1) is 25.7 Å². The maximum absolute atomic E-state index is 12.4. The van der Waals surface area contributed by atoms with Crippen LogP contribution in [0.2, 0.25) is 0 Å². The van der Waals surface area contributed by atoms with Crippen molar-refractivity contribution in [2.45, 2.75) is 31.8 Å². The fourth-order valence-electron chi connectivity index (χ4n) is 3.29. The third-order valence-corrected chi connectivity index (χ3v) is 4.94. The fourth-order valence-corrected chi connectivity index (χ4v) is 3.29. The summed E-state index contributed by atoms with van der Waals surface area (Å²) < 4.78 is 7.25. The highest BCUT2D eigenvalue weighted by molar-refractivity contribution is 5.81. The van der Waals surface area contributed by atoms with Gasteiger partial charge >= 0.3 is 0 Å². The second kappa shape index (κ2) is 8.30. The largest absolute Gasteiger partial charge is 0.496 e. The van der Waals surface area contributed by atoms with Crippen molar-refractivity contribution in [3.05, 3.63) is 54.1 Å². The van der Waals surface area contributed by atoms with Gasteiger partial charge < -0.3 is 15.4 Å². The van der Waals surface area contributed by atoms with Gasteiger partial charge in [-0.15, -0.1) is 5.10 Å². The van der Waals surface area contributed by atoms with Crippen LogP contribution in [0, 0.1) is 0 Å². The molecule has 0 radical (unpaired) electrons. The Labute approximate surface area is 169 Å². The minimum atomic E-state index is -0.157. The number of amides is 1. The number of nitrogens with one attached hydrogen (secondary N) is 2. The first-order valence-corrected chi connectivity index (χ1v) is 9.70. The van der Waals surface area contributed by atoms with Crippen LogP contribution in [-0.2, 0) is 4.79 Å². The molecule has 1 amide bonds. The number of carbonyl (C=O) groups is 1. The van der Waals surface area contributed by atoms with Crippen molar-refractivity contribution in [3.63, 3.8) is 0 Å². The van der Waals surface area contributed by atoms with Crippen LogP contribution in [0.4, 0.5) is 5.69 Å². The maximum atomic E-state index is 12.4. The molecule has 2 N–H and O–H groups in total. The average molecular weight is 392 g/mol. The smallest absolute Gasteiger partial charge is 0.239 e. The van der Waals surface area contributed by atoms with E-state index in [4.69, 9.17) is 4.74 Å². The van der Waals surface area contributed by atoms with Gasteiger partial charge in [-0.25, -0.2) is 4.68 Å². The van der Waals surface area contributed by atoms with Crippen LogP contribution in [-0.4, -0.2) is 39.8 Å². The molecule has 1 aromatic heterocycles. The molecule has 4 rings (SSSR count). The van der Waals surface area contributed by atoms with Crippen LogP contribution < -0.4 is 15.4 Å². The normalized spacial score (nSPS) is 14.3. The SMILES string of the molecule is COc1ccccc1C(C)NC(=O)CNc1cccc(-c2nnnn2C2CC2)c1. The van der Waals surface area contributed by atoms with Crippen LogP contribution in [0.1, 0.15) is 37.4 Å². The predicted octanol–water partition coefficient (Wildman–Crippen LogP) is 2.97. The summed E-state index contributed by atoms with van der Waals surface area (Å²) in [4.78, 5) is 12.4. The van der Waals surface area contributed by atoms with Gasteiger partial charge in [-0.05, 0) is 48.4 Å². The summed E-state index contributed by atoms with van der Waals surface area (Å²) >= 11 is 0. The van der Waals surface area contributed by atoms with Crippen LogP contribution >= 0.6 is 0 Å². The van der Waals surface area contributed by atoms with Crippen molar-refractivity contribution in [1.29, 1.82) is 0 Å². The molecule has 1 saturated carbocycles. The van der Waals surface area contributed by atoms with Crippen molar-refractivity contribution < 1.29 is 9.53 Å². The lowest BCUT2D eigenvalue weighted by Gasteiger charge is -2.17. The van der Waals surface area contributed by atoms with Crippen LogP contribution in [0.3, 0.4) is 0 Å². The van der Waals surface area contributed by atoms with Crippen molar-refractivity contribution in [3.8, 4) is 17.1 Å². The Hall–Kier alpha value is -3.42. The molecule has 1 heterocycles. The molecule has 8 nitrogen and oxygen atoms in total. The molecule has 29 heavy (non-hydrogen) atoms. The number of hydrogen-bond donors (Lipinski definition) is 2. The third kappa shape index (κ3) is 4.37. The zero-order chi connectivity index (χ0) is 20.2. The lowest BCUT2D eigenvalue weighted by Crippen LogP contribution is -2.32. The summed E-state index contributed by atoms with van der Waals surface area (Å²) in [6.45, 7) is 2.10. The van der Waals surface area contributed by atoms with E-state index in [1.54, 1.807) is 7.11 Å². The summed E-state index contributed by atoms with van der Waals surface area (Å²) in [5.74, 6) is 1.41. The number of methoxy groups -OCH3 is 1. The van der Waals surface area contributed by atoms with Gasteiger partial charge in [0, 0.05) is 16.8 Å². The van der Waals surface area contributed by atoms with Gasteiger partial charge in [0.2, 0.25) is 5.91 Å². The molecule has 1 aliphatic rings. The molecule has 0 saturated heterocycles. The molecular formula is C21H24N6O2. The van der Waals surface area contributed by atoms with Gasteiger partial charge in [-0.1, -0.05) is 30.3 Å². The zero-order valence-electron chi connectivity index (χ0n) is 16.5. The Bertz CT molecular complexity index is 998. The highest BCUT2D eigenvalue weighted by Crippen LogP contribution is 2.36. The number of aromatic nitrogens is 4. The Morgan fingerprint density at radius 3 is 2.86 bits per heavy atom. The highest BCUT2D eigenvalue weighted by Gasteiger charge is 2.28. The summed E-state index contributed by atoms with van der Waals surface area (Å²) in [6, 6.07) is 15.7. The van der Waals surface area contributed by atoms with E-state index in [9.17, 15) is 4.79 Å². The third-order valence-electron chi connectivity index (χ3n) is 4.94. The summed E-state index contributed by atoms with van der Waals surface area (Å²) in [5.41, 5.74) is 2.71. The molecule has 1 fully saturated rings. The lowest BCUT2D eigenvalue weighted by atomic mass is 10.1. The molecule has 2 aromatic carbocycles. The first kappa shape index (κ1) is 18.9. The Kier molecular flexibility index (Phi) is 5.41. The topological polar surface area (TPSA) is 94.0 Å². The van der Waals surface area contributed by atoms with Gasteiger partial charge in [-0.3, -0.25) is 4.79 Å².